The molecule has 4 nitrogen and oxygen atoms in total. The standard InChI is InChI=1S/C11H13NO3/c13-9-3-1-7(2-4-9)11(15)12-8-5-10(14)6-8/h1-4,8,10,13-14H,5-6H2,(H,12,15). The molecule has 80 valence electrons. The number of hydrogen-bond donors (Lipinski definition) is 3. The van der Waals surface area contributed by atoms with Gasteiger partial charge in [0.15, 0.2) is 0 Å². The van der Waals surface area contributed by atoms with Crippen LogP contribution in [0.25, 0.3) is 0 Å². The maximum absolute atomic E-state index is 11.6. The number of aliphatic hydroxyl groups is 1. The van der Waals surface area contributed by atoms with Crippen LogP contribution in [-0.4, -0.2) is 28.3 Å². The Bertz CT molecular complexity index is 355. The van der Waals surface area contributed by atoms with Crippen LogP contribution in [0.1, 0.15) is 23.2 Å². The Labute approximate surface area is 87.6 Å². The Morgan fingerprint density at radius 1 is 1.27 bits per heavy atom. The van der Waals surface area contributed by atoms with Crippen LogP contribution in [0.2, 0.25) is 0 Å². The summed E-state index contributed by atoms with van der Waals surface area (Å²) in [5.41, 5.74) is 0.522. The summed E-state index contributed by atoms with van der Waals surface area (Å²) < 4.78 is 0. The molecule has 1 aromatic carbocycles. The van der Waals surface area contributed by atoms with E-state index < -0.39 is 0 Å². The number of aromatic hydroxyl groups is 1. The highest BCUT2D eigenvalue weighted by Gasteiger charge is 2.28. The Balaban J connectivity index is 1.93. The lowest BCUT2D eigenvalue weighted by molar-refractivity contribution is 0.0563. The molecule has 2 rings (SSSR count). The third-order valence-electron chi connectivity index (χ3n) is 2.58. The van der Waals surface area contributed by atoms with Crippen molar-refractivity contribution in [3.63, 3.8) is 0 Å². The number of carbonyl (C=O) groups excluding carboxylic acids is 1. The minimum absolute atomic E-state index is 0.0845. The first-order chi connectivity index (χ1) is 7.15. The molecule has 0 spiro atoms. The third kappa shape index (κ3) is 2.27. The summed E-state index contributed by atoms with van der Waals surface area (Å²) in [6.45, 7) is 0. The number of amides is 1. The first kappa shape index (κ1) is 9.98. The van der Waals surface area contributed by atoms with Gasteiger partial charge in [0.05, 0.1) is 6.10 Å². The van der Waals surface area contributed by atoms with Gasteiger partial charge in [-0.1, -0.05) is 0 Å². The third-order valence-corrected chi connectivity index (χ3v) is 2.58. The predicted molar refractivity (Wildman–Crippen MR) is 54.6 cm³/mol. The second-order valence-corrected chi connectivity index (χ2v) is 3.84. The lowest BCUT2D eigenvalue weighted by atomic mass is 9.89. The number of benzene rings is 1. The number of phenolic OH excluding ortho intramolecular Hbond substituents is 1. The van der Waals surface area contributed by atoms with E-state index in [4.69, 9.17) is 10.2 Å². The van der Waals surface area contributed by atoms with Crippen LogP contribution >= 0.6 is 0 Å². The maximum atomic E-state index is 11.6. The molecule has 0 aliphatic heterocycles. The van der Waals surface area contributed by atoms with Crippen molar-refractivity contribution in [1.29, 1.82) is 0 Å². The van der Waals surface area contributed by atoms with Crippen LogP contribution in [0, 0.1) is 0 Å². The van der Waals surface area contributed by atoms with Gasteiger partial charge in [-0.15, -0.1) is 0 Å². The molecule has 0 atom stereocenters. The van der Waals surface area contributed by atoms with Gasteiger partial charge in [0.25, 0.3) is 5.91 Å². The van der Waals surface area contributed by atoms with Gasteiger partial charge in [-0.3, -0.25) is 4.79 Å². The van der Waals surface area contributed by atoms with Crippen molar-refractivity contribution in [2.24, 2.45) is 0 Å². The second kappa shape index (κ2) is 3.90. The van der Waals surface area contributed by atoms with E-state index in [1.807, 2.05) is 0 Å². The minimum atomic E-state index is -0.268. The number of phenols is 1. The van der Waals surface area contributed by atoms with Crippen LogP contribution in [0.5, 0.6) is 5.75 Å². The summed E-state index contributed by atoms with van der Waals surface area (Å²) in [5, 5.41) is 20.9. The van der Waals surface area contributed by atoms with Gasteiger partial charge < -0.3 is 15.5 Å². The molecule has 4 heteroatoms. The maximum Gasteiger partial charge on any atom is 0.251 e. The topological polar surface area (TPSA) is 69.6 Å². The SMILES string of the molecule is O=C(NC1CC(O)C1)c1ccc(O)cc1. The average Bonchev–Trinajstić information content (AvgIpc) is 2.16. The molecular formula is C11H13NO3. The van der Waals surface area contributed by atoms with Crippen LogP contribution in [0.4, 0.5) is 0 Å². The molecule has 15 heavy (non-hydrogen) atoms. The molecule has 1 saturated carbocycles. The number of rotatable bonds is 2. The van der Waals surface area contributed by atoms with Crippen LogP contribution < -0.4 is 5.32 Å². The van der Waals surface area contributed by atoms with E-state index in [9.17, 15) is 4.79 Å². The fraction of sp³-hybridized carbons (Fsp3) is 0.364. The summed E-state index contributed by atoms with van der Waals surface area (Å²) in [4.78, 5) is 11.6. The molecule has 3 N–H and O–H groups in total. The zero-order valence-electron chi connectivity index (χ0n) is 8.18. The van der Waals surface area contributed by atoms with Gasteiger partial charge in [-0.05, 0) is 37.1 Å². The monoisotopic (exact) mass is 207 g/mol. The lowest BCUT2D eigenvalue weighted by Crippen LogP contribution is -2.46. The fourth-order valence-corrected chi connectivity index (χ4v) is 1.59. The zero-order valence-corrected chi connectivity index (χ0v) is 8.18. The first-order valence-electron chi connectivity index (χ1n) is 4.93. The normalized spacial score (nSPS) is 24.3. The molecule has 0 unspecified atom stereocenters. The molecule has 1 amide bonds. The highest BCUT2D eigenvalue weighted by atomic mass is 16.3. The minimum Gasteiger partial charge on any atom is -0.508 e. The fourth-order valence-electron chi connectivity index (χ4n) is 1.59. The Morgan fingerprint density at radius 2 is 1.87 bits per heavy atom. The molecular weight excluding hydrogens is 194 g/mol. The van der Waals surface area contributed by atoms with Gasteiger partial charge in [0.2, 0.25) is 0 Å². The van der Waals surface area contributed by atoms with Crippen molar-refractivity contribution < 1.29 is 15.0 Å². The van der Waals surface area contributed by atoms with Crippen molar-refractivity contribution in [2.75, 3.05) is 0 Å². The molecule has 0 saturated heterocycles. The Morgan fingerprint density at radius 3 is 2.40 bits per heavy atom. The van der Waals surface area contributed by atoms with Crippen molar-refractivity contribution in [3.05, 3.63) is 29.8 Å². The van der Waals surface area contributed by atoms with Gasteiger partial charge in [-0.2, -0.15) is 0 Å². The molecule has 1 fully saturated rings. The van der Waals surface area contributed by atoms with Crippen molar-refractivity contribution in [3.8, 4) is 5.75 Å². The van der Waals surface area contributed by atoms with E-state index in [1.165, 1.54) is 12.1 Å². The van der Waals surface area contributed by atoms with Crippen molar-refractivity contribution >= 4 is 5.91 Å². The van der Waals surface area contributed by atoms with Gasteiger partial charge in [-0.25, -0.2) is 0 Å². The van der Waals surface area contributed by atoms with E-state index in [1.54, 1.807) is 12.1 Å². The molecule has 0 radical (unpaired) electrons. The second-order valence-electron chi connectivity index (χ2n) is 3.84. The van der Waals surface area contributed by atoms with Gasteiger partial charge in [0, 0.05) is 11.6 Å². The average molecular weight is 207 g/mol. The summed E-state index contributed by atoms with van der Waals surface area (Å²) in [7, 11) is 0. The Hall–Kier alpha value is -1.55. The number of carbonyl (C=O) groups is 1. The highest BCUT2D eigenvalue weighted by Crippen LogP contribution is 2.20. The molecule has 0 aromatic heterocycles. The molecule has 1 aromatic rings. The summed E-state index contributed by atoms with van der Waals surface area (Å²) >= 11 is 0. The van der Waals surface area contributed by atoms with Gasteiger partial charge >= 0.3 is 0 Å². The summed E-state index contributed by atoms with van der Waals surface area (Å²) in [5.74, 6) is -0.0162. The van der Waals surface area contributed by atoms with Crippen molar-refractivity contribution in [2.45, 2.75) is 25.0 Å². The van der Waals surface area contributed by atoms with E-state index in [-0.39, 0.29) is 23.8 Å². The number of hydrogen-bond acceptors (Lipinski definition) is 3. The van der Waals surface area contributed by atoms with Gasteiger partial charge in [0.1, 0.15) is 5.75 Å². The van der Waals surface area contributed by atoms with Crippen LogP contribution in [-0.2, 0) is 0 Å². The quantitative estimate of drug-likeness (QED) is 0.666. The molecule has 0 heterocycles. The largest absolute Gasteiger partial charge is 0.508 e. The first-order valence-corrected chi connectivity index (χ1v) is 4.93. The summed E-state index contributed by atoms with van der Waals surface area (Å²) in [6, 6.07) is 6.18. The lowest BCUT2D eigenvalue weighted by Gasteiger charge is -2.31. The Kier molecular flexibility index (Phi) is 2.60. The molecule has 1 aliphatic carbocycles. The van der Waals surface area contributed by atoms with E-state index >= 15 is 0 Å². The highest BCUT2D eigenvalue weighted by molar-refractivity contribution is 5.94. The summed E-state index contributed by atoms with van der Waals surface area (Å²) in [6.07, 6.45) is 0.989. The van der Waals surface area contributed by atoms with Crippen molar-refractivity contribution in [1.82, 2.24) is 5.32 Å². The smallest absolute Gasteiger partial charge is 0.251 e. The van der Waals surface area contributed by atoms with E-state index in [2.05, 4.69) is 5.32 Å². The van der Waals surface area contributed by atoms with Crippen LogP contribution in [0.15, 0.2) is 24.3 Å². The zero-order chi connectivity index (χ0) is 10.8. The van der Waals surface area contributed by atoms with E-state index in [0.717, 1.165) is 0 Å². The molecule has 0 bridgehead atoms. The number of nitrogens with one attached hydrogen (secondary N) is 1. The molecule has 1 aliphatic rings. The van der Waals surface area contributed by atoms with Crippen LogP contribution in [0.3, 0.4) is 0 Å². The van der Waals surface area contributed by atoms with E-state index in [0.29, 0.717) is 18.4 Å². The predicted octanol–water partition coefficient (Wildman–Crippen LogP) is 0.645. The number of aliphatic hydroxyl groups excluding tert-OH is 1.